The van der Waals surface area contributed by atoms with Crippen LogP contribution in [0.1, 0.15) is 49.7 Å². The van der Waals surface area contributed by atoms with E-state index >= 15 is 0 Å². The van der Waals surface area contributed by atoms with Crippen LogP contribution in [0, 0.1) is 0 Å². The number of benzene rings is 2. The van der Waals surface area contributed by atoms with Crippen LogP contribution in [0.3, 0.4) is 0 Å². The number of hydrogen-bond donors (Lipinski definition) is 2. The molecule has 188 valence electrons. The fourth-order valence-corrected chi connectivity index (χ4v) is 4.55. The average Bonchev–Trinajstić information content (AvgIpc) is 3.19. The summed E-state index contributed by atoms with van der Waals surface area (Å²) in [5.41, 5.74) is 4.44. The van der Waals surface area contributed by atoms with Crippen LogP contribution in [-0.2, 0) is 23.7 Å². The minimum Gasteiger partial charge on any atom is -0.480 e. The van der Waals surface area contributed by atoms with E-state index in [-0.39, 0.29) is 31.5 Å². The molecule has 1 heterocycles. The average molecular weight is 484 g/mol. The van der Waals surface area contributed by atoms with Gasteiger partial charge in [0.2, 0.25) is 0 Å². The summed E-state index contributed by atoms with van der Waals surface area (Å²) in [7, 11) is 0. The van der Waals surface area contributed by atoms with Crippen LogP contribution in [0.25, 0.3) is 11.1 Å². The molecule has 0 bridgehead atoms. The second-order valence-corrected chi connectivity index (χ2v) is 8.97. The normalized spacial score (nSPS) is 18.8. The van der Waals surface area contributed by atoms with Crippen molar-refractivity contribution < 1.29 is 33.6 Å². The third-order valence-electron chi connectivity index (χ3n) is 6.41. The largest absolute Gasteiger partial charge is 0.480 e. The van der Waals surface area contributed by atoms with Gasteiger partial charge in [-0.15, -0.1) is 0 Å². The summed E-state index contributed by atoms with van der Waals surface area (Å²) in [5, 5.41) is 11.9. The van der Waals surface area contributed by atoms with Crippen molar-refractivity contribution in [2.75, 3.05) is 26.4 Å². The Labute approximate surface area is 205 Å². The number of amides is 1. The summed E-state index contributed by atoms with van der Waals surface area (Å²) in [6.45, 7) is 2.92. The van der Waals surface area contributed by atoms with E-state index in [4.69, 9.17) is 18.9 Å². The van der Waals surface area contributed by atoms with E-state index in [9.17, 15) is 14.7 Å². The van der Waals surface area contributed by atoms with Crippen LogP contribution in [0.15, 0.2) is 48.5 Å². The second kappa shape index (κ2) is 12.2. The SMILES string of the molecule is C[C@@H](CCOC[C@H](NC(=O)OCC1c2ccccc2-c2ccccc21)C(=O)O)OC1CCCCO1. The number of alkyl carbamates (subject to hydrolysis) is 1. The molecule has 1 unspecified atom stereocenters. The Morgan fingerprint density at radius 1 is 1.09 bits per heavy atom. The first-order valence-corrected chi connectivity index (χ1v) is 12.2. The van der Waals surface area contributed by atoms with Crippen LogP contribution >= 0.6 is 0 Å². The zero-order valence-corrected chi connectivity index (χ0v) is 20.0. The second-order valence-electron chi connectivity index (χ2n) is 8.97. The molecular formula is C27H33NO7. The predicted octanol–water partition coefficient (Wildman–Crippen LogP) is 4.32. The van der Waals surface area contributed by atoms with Crippen molar-refractivity contribution in [3.05, 3.63) is 59.7 Å². The lowest BCUT2D eigenvalue weighted by Crippen LogP contribution is -2.44. The highest BCUT2D eigenvalue weighted by atomic mass is 16.7. The summed E-state index contributed by atoms with van der Waals surface area (Å²) < 4.78 is 22.4. The molecule has 2 aromatic carbocycles. The minimum absolute atomic E-state index is 0.0727. The Balaban J connectivity index is 1.22. The smallest absolute Gasteiger partial charge is 0.407 e. The molecule has 8 heteroatoms. The molecule has 1 amide bonds. The maximum absolute atomic E-state index is 12.4. The third-order valence-corrected chi connectivity index (χ3v) is 6.41. The fraction of sp³-hybridized carbons (Fsp3) is 0.481. The van der Waals surface area contributed by atoms with E-state index in [0.29, 0.717) is 13.0 Å². The number of nitrogens with one attached hydrogen (secondary N) is 1. The molecule has 8 nitrogen and oxygen atoms in total. The standard InChI is InChI=1S/C27H33NO7/c1-18(35-25-12-6-7-14-33-25)13-15-32-17-24(26(29)30)28-27(31)34-16-23-21-10-4-2-8-19(21)20-9-3-5-11-22(20)23/h2-5,8-11,18,23-25H,6-7,12-17H2,1H3,(H,28,31)(H,29,30)/t18-,24-,25?/m0/s1. The van der Waals surface area contributed by atoms with E-state index in [2.05, 4.69) is 17.4 Å². The van der Waals surface area contributed by atoms with Gasteiger partial charge in [0.05, 0.1) is 12.7 Å². The third kappa shape index (κ3) is 6.60. The summed E-state index contributed by atoms with van der Waals surface area (Å²) in [6, 6.07) is 14.9. The van der Waals surface area contributed by atoms with Gasteiger partial charge in [-0.3, -0.25) is 0 Å². The van der Waals surface area contributed by atoms with Crippen LogP contribution in [-0.4, -0.2) is 62.0 Å². The number of rotatable bonds is 11. The van der Waals surface area contributed by atoms with Gasteiger partial charge in [0.1, 0.15) is 6.61 Å². The molecule has 2 aliphatic rings. The number of carboxylic acids is 1. The molecule has 0 spiro atoms. The molecular weight excluding hydrogens is 450 g/mol. The van der Waals surface area contributed by atoms with Gasteiger partial charge in [0.25, 0.3) is 0 Å². The van der Waals surface area contributed by atoms with Gasteiger partial charge < -0.3 is 29.4 Å². The van der Waals surface area contributed by atoms with E-state index in [1.54, 1.807) is 0 Å². The van der Waals surface area contributed by atoms with Crippen molar-refractivity contribution >= 4 is 12.1 Å². The Bertz CT molecular complexity index is 959. The van der Waals surface area contributed by atoms with Gasteiger partial charge in [0.15, 0.2) is 12.3 Å². The van der Waals surface area contributed by atoms with Gasteiger partial charge in [-0.2, -0.15) is 0 Å². The van der Waals surface area contributed by atoms with E-state index in [0.717, 1.165) is 48.1 Å². The van der Waals surface area contributed by atoms with Crippen LogP contribution in [0.2, 0.25) is 0 Å². The predicted molar refractivity (Wildman–Crippen MR) is 129 cm³/mol. The van der Waals surface area contributed by atoms with E-state index in [1.807, 2.05) is 43.3 Å². The van der Waals surface area contributed by atoms with Gasteiger partial charge in [-0.25, -0.2) is 9.59 Å². The van der Waals surface area contributed by atoms with Gasteiger partial charge in [0, 0.05) is 19.1 Å². The number of fused-ring (bicyclic) bond motifs is 3. The number of carboxylic acid groups (broad SMARTS) is 1. The summed E-state index contributed by atoms with van der Waals surface area (Å²) >= 11 is 0. The molecule has 0 radical (unpaired) electrons. The molecule has 0 saturated carbocycles. The molecule has 1 fully saturated rings. The lowest BCUT2D eigenvalue weighted by atomic mass is 9.98. The lowest BCUT2D eigenvalue weighted by Gasteiger charge is -2.26. The number of carbonyl (C=O) groups is 2. The molecule has 4 rings (SSSR count). The van der Waals surface area contributed by atoms with Crippen molar-refractivity contribution in [2.45, 2.75) is 57.0 Å². The molecule has 2 aromatic rings. The Kier molecular flexibility index (Phi) is 8.74. The maximum Gasteiger partial charge on any atom is 0.407 e. The fourth-order valence-electron chi connectivity index (χ4n) is 4.55. The topological polar surface area (TPSA) is 103 Å². The minimum atomic E-state index is -1.21. The molecule has 2 N–H and O–H groups in total. The zero-order valence-electron chi connectivity index (χ0n) is 20.0. The Morgan fingerprint density at radius 2 is 1.77 bits per heavy atom. The molecule has 3 atom stereocenters. The number of ether oxygens (including phenoxy) is 4. The first-order valence-electron chi connectivity index (χ1n) is 12.2. The molecule has 35 heavy (non-hydrogen) atoms. The highest BCUT2D eigenvalue weighted by molar-refractivity contribution is 5.81. The number of carbonyl (C=O) groups excluding carboxylic acids is 1. The maximum atomic E-state index is 12.4. The molecule has 1 saturated heterocycles. The first kappa shape index (κ1) is 25.2. The van der Waals surface area contributed by atoms with Crippen LogP contribution in [0.5, 0.6) is 0 Å². The van der Waals surface area contributed by atoms with Gasteiger partial charge in [-0.05, 0) is 54.9 Å². The van der Waals surface area contributed by atoms with Crippen molar-refractivity contribution in [3.8, 4) is 11.1 Å². The van der Waals surface area contributed by atoms with Crippen LogP contribution < -0.4 is 5.32 Å². The Hall–Kier alpha value is -2.94. The van der Waals surface area contributed by atoms with Crippen molar-refractivity contribution in [2.24, 2.45) is 0 Å². The van der Waals surface area contributed by atoms with Gasteiger partial charge >= 0.3 is 12.1 Å². The first-order chi connectivity index (χ1) is 17.0. The molecule has 1 aliphatic carbocycles. The van der Waals surface area contributed by atoms with Crippen molar-refractivity contribution in [1.82, 2.24) is 5.32 Å². The highest BCUT2D eigenvalue weighted by Gasteiger charge is 2.30. The van der Waals surface area contributed by atoms with Crippen LogP contribution in [0.4, 0.5) is 4.79 Å². The zero-order chi connectivity index (χ0) is 24.6. The molecule has 0 aromatic heterocycles. The summed E-state index contributed by atoms with van der Waals surface area (Å²) in [4.78, 5) is 24.0. The quantitative estimate of drug-likeness (QED) is 0.459. The number of aliphatic carboxylic acids is 1. The van der Waals surface area contributed by atoms with Crippen molar-refractivity contribution in [1.29, 1.82) is 0 Å². The van der Waals surface area contributed by atoms with E-state index in [1.165, 1.54) is 0 Å². The highest BCUT2D eigenvalue weighted by Crippen LogP contribution is 2.44. The summed E-state index contributed by atoms with van der Waals surface area (Å²) in [6.07, 6.45) is 2.60. The van der Waals surface area contributed by atoms with Crippen molar-refractivity contribution in [3.63, 3.8) is 0 Å². The Morgan fingerprint density at radius 3 is 2.40 bits per heavy atom. The monoisotopic (exact) mass is 483 g/mol. The van der Waals surface area contributed by atoms with E-state index < -0.39 is 18.1 Å². The summed E-state index contributed by atoms with van der Waals surface area (Å²) in [5.74, 6) is -1.28. The lowest BCUT2D eigenvalue weighted by molar-refractivity contribution is -0.187. The number of hydrogen-bond acceptors (Lipinski definition) is 6. The van der Waals surface area contributed by atoms with Gasteiger partial charge in [-0.1, -0.05) is 48.5 Å². The molecule has 1 aliphatic heterocycles.